The van der Waals surface area contributed by atoms with Crippen molar-refractivity contribution in [3.8, 4) is 0 Å². The molecule has 1 unspecified atom stereocenters. The third kappa shape index (κ3) is 2.75. The second-order valence-corrected chi connectivity index (χ2v) is 8.62. The fourth-order valence-corrected chi connectivity index (χ4v) is 5.41. The second-order valence-electron chi connectivity index (χ2n) is 7.35. The number of carbonyl (C=O) groups excluding carboxylic acids is 1. The van der Waals surface area contributed by atoms with Gasteiger partial charge in [-0.05, 0) is 42.7 Å². The zero-order valence-electron chi connectivity index (χ0n) is 16.5. The lowest BCUT2D eigenvalue weighted by molar-refractivity contribution is 0.0604. The van der Waals surface area contributed by atoms with E-state index in [0.717, 1.165) is 22.4 Å². The molecule has 2 aliphatic rings. The van der Waals surface area contributed by atoms with E-state index in [9.17, 15) is 4.79 Å². The molecule has 1 amide bonds. The predicted molar refractivity (Wildman–Crippen MR) is 126 cm³/mol. The summed E-state index contributed by atoms with van der Waals surface area (Å²) in [7, 11) is 0. The average Bonchev–Trinajstić information content (AvgIpc) is 3.30. The lowest BCUT2D eigenvalue weighted by Gasteiger charge is -2.41. The molecule has 0 saturated carbocycles. The number of benzene rings is 3. The number of hydrogen-bond donors (Lipinski definition) is 1. The molecule has 0 aromatic heterocycles. The summed E-state index contributed by atoms with van der Waals surface area (Å²) in [6.07, 6.45) is 2.06. The van der Waals surface area contributed by atoms with E-state index < -0.39 is 5.66 Å². The molecule has 6 heteroatoms. The van der Waals surface area contributed by atoms with Gasteiger partial charge >= 0.3 is 0 Å². The minimum atomic E-state index is -0.726. The van der Waals surface area contributed by atoms with Crippen LogP contribution >= 0.6 is 24.0 Å². The fraction of sp³-hybridized carbons (Fsp3) is 0.167. The summed E-state index contributed by atoms with van der Waals surface area (Å²) in [5, 5.41) is 4.03. The maximum atomic E-state index is 13.3. The third-order valence-electron chi connectivity index (χ3n) is 5.85. The van der Waals surface area contributed by atoms with Crippen LogP contribution in [0.1, 0.15) is 21.5 Å². The monoisotopic (exact) mass is 431 g/mol. The molecule has 0 radical (unpaired) electrons. The molecule has 0 aliphatic carbocycles. The molecule has 1 saturated heterocycles. The first-order valence-electron chi connectivity index (χ1n) is 9.86. The van der Waals surface area contributed by atoms with E-state index in [1.165, 1.54) is 4.90 Å². The van der Waals surface area contributed by atoms with Crippen molar-refractivity contribution in [2.24, 2.45) is 0 Å². The molecule has 150 valence electrons. The summed E-state index contributed by atoms with van der Waals surface area (Å²) in [6.45, 7) is 1.29. The summed E-state index contributed by atoms with van der Waals surface area (Å²) < 4.78 is 0. The summed E-state index contributed by atoms with van der Waals surface area (Å²) in [5.74, 6) is 0.0594. The highest BCUT2D eigenvalue weighted by molar-refractivity contribution is 7.98. The Labute approximate surface area is 185 Å². The van der Waals surface area contributed by atoms with Crippen LogP contribution in [0, 0.1) is 0 Å². The average molecular weight is 432 g/mol. The first-order valence-corrected chi connectivity index (χ1v) is 11.5. The van der Waals surface area contributed by atoms with Gasteiger partial charge < -0.3 is 15.1 Å². The minimum absolute atomic E-state index is 0.0594. The molecule has 1 N–H and O–H groups in total. The number of carbonyl (C=O) groups is 1. The quantitative estimate of drug-likeness (QED) is 0.477. The Bertz CT molecular complexity index is 1130. The Hall–Kier alpha value is -2.83. The van der Waals surface area contributed by atoms with Gasteiger partial charge in [-0.3, -0.25) is 4.79 Å². The molecule has 4 nitrogen and oxygen atoms in total. The Morgan fingerprint density at radius 1 is 1.00 bits per heavy atom. The van der Waals surface area contributed by atoms with Crippen LogP contribution in [-0.4, -0.2) is 40.2 Å². The number of rotatable bonds is 3. The Balaban J connectivity index is 1.62. The van der Waals surface area contributed by atoms with Gasteiger partial charge in [-0.15, -0.1) is 11.8 Å². The standard InChI is InChI=1S/C24H21N3OS2/c1-30-19-11-7-10-18(16-19)25-23(29)27-15-14-26-22(28)20-12-5-6-13-21(20)24(26,27)17-8-3-2-4-9-17/h2-13,16H,14-15H2,1H3,(H,25,29). The fourth-order valence-electron chi connectivity index (χ4n) is 4.61. The normalized spacial score (nSPS) is 19.6. The van der Waals surface area contributed by atoms with Crippen molar-refractivity contribution >= 4 is 40.7 Å². The van der Waals surface area contributed by atoms with Gasteiger partial charge in [0.25, 0.3) is 5.91 Å². The maximum absolute atomic E-state index is 13.3. The molecule has 2 aliphatic heterocycles. The SMILES string of the molecule is CSc1cccc(NC(=S)N2CCN3C(=O)c4ccccc4C32c2ccccc2)c1. The van der Waals surface area contributed by atoms with E-state index >= 15 is 0 Å². The number of thiocarbonyl (C=S) groups is 1. The van der Waals surface area contributed by atoms with Crippen molar-refractivity contribution in [2.45, 2.75) is 10.6 Å². The Kier molecular flexibility index (Phi) is 4.76. The molecule has 3 aromatic carbocycles. The lowest BCUT2D eigenvalue weighted by atomic mass is 9.90. The molecular formula is C24H21N3OS2. The highest BCUT2D eigenvalue weighted by atomic mass is 32.2. The van der Waals surface area contributed by atoms with Crippen LogP contribution in [-0.2, 0) is 5.66 Å². The number of amides is 1. The lowest BCUT2D eigenvalue weighted by Crippen LogP contribution is -2.52. The van der Waals surface area contributed by atoms with Gasteiger partial charge in [0.1, 0.15) is 0 Å². The van der Waals surface area contributed by atoms with E-state index in [-0.39, 0.29) is 5.91 Å². The van der Waals surface area contributed by atoms with Crippen molar-refractivity contribution in [3.05, 3.63) is 95.6 Å². The first-order chi connectivity index (χ1) is 14.7. The van der Waals surface area contributed by atoms with E-state index in [2.05, 4.69) is 46.8 Å². The smallest absolute Gasteiger partial charge is 0.256 e. The van der Waals surface area contributed by atoms with E-state index in [0.29, 0.717) is 18.2 Å². The summed E-state index contributed by atoms with van der Waals surface area (Å²) in [4.78, 5) is 18.6. The van der Waals surface area contributed by atoms with E-state index in [1.807, 2.05) is 53.4 Å². The van der Waals surface area contributed by atoms with Crippen molar-refractivity contribution < 1.29 is 4.79 Å². The topological polar surface area (TPSA) is 35.6 Å². The van der Waals surface area contributed by atoms with Crippen LogP contribution in [0.25, 0.3) is 0 Å². The number of anilines is 1. The van der Waals surface area contributed by atoms with Crippen LogP contribution in [0.5, 0.6) is 0 Å². The number of nitrogens with one attached hydrogen (secondary N) is 1. The molecule has 0 bridgehead atoms. The van der Waals surface area contributed by atoms with Gasteiger partial charge in [0.05, 0.1) is 0 Å². The largest absolute Gasteiger partial charge is 0.332 e. The van der Waals surface area contributed by atoms with Crippen LogP contribution < -0.4 is 5.32 Å². The van der Waals surface area contributed by atoms with Gasteiger partial charge in [0.2, 0.25) is 0 Å². The molecule has 1 fully saturated rings. The van der Waals surface area contributed by atoms with Crippen molar-refractivity contribution in [2.75, 3.05) is 24.7 Å². The van der Waals surface area contributed by atoms with Gasteiger partial charge in [-0.2, -0.15) is 0 Å². The number of thioether (sulfide) groups is 1. The summed E-state index contributed by atoms with van der Waals surface area (Å²) in [5.41, 5.74) is 3.00. The molecule has 30 heavy (non-hydrogen) atoms. The van der Waals surface area contributed by atoms with Gasteiger partial charge in [0.15, 0.2) is 10.8 Å². The Morgan fingerprint density at radius 3 is 2.57 bits per heavy atom. The number of hydrogen-bond acceptors (Lipinski definition) is 3. The van der Waals surface area contributed by atoms with Crippen molar-refractivity contribution in [1.29, 1.82) is 0 Å². The third-order valence-corrected chi connectivity index (χ3v) is 6.90. The van der Waals surface area contributed by atoms with Gasteiger partial charge in [-0.1, -0.05) is 54.6 Å². The molecule has 5 rings (SSSR count). The van der Waals surface area contributed by atoms with E-state index in [4.69, 9.17) is 12.2 Å². The molecule has 2 heterocycles. The summed E-state index contributed by atoms with van der Waals surface area (Å²) >= 11 is 7.60. The first kappa shape index (κ1) is 19.2. The molecule has 0 spiro atoms. The number of nitrogens with zero attached hydrogens (tertiary/aromatic N) is 2. The van der Waals surface area contributed by atoms with Gasteiger partial charge in [-0.25, -0.2) is 0 Å². The zero-order chi connectivity index (χ0) is 20.7. The summed E-state index contributed by atoms with van der Waals surface area (Å²) in [6, 6.07) is 26.3. The highest BCUT2D eigenvalue weighted by Crippen LogP contribution is 2.49. The maximum Gasteiger partial charge on any atom is 0.256 e. The van der Waals surface area contributed by atoms with Crippen LogP contribution in [0.4, 0.5) is 5.69 Å². The van der Waals surface area contributed by atoms with Crippen LogP contribution in [0.15, 0.2) is 83.8 Å². The molecule has 3 aromatic rings. The second kappa shape index (κ2) is 7.45. The van der Waals surface area contributed by atoms with E-state index in [1.54, 1.807) is 11.8 Å². The van der Waals surface area contributed by atoms with Crippen molar-refractivity contribution in [3.63, 3.8) is 0 Å². The van der Waals surface area contributed by atoms with Gasteiger partial charge in [0, 0.05) is 40.4 Å². The molecular weight excluding hydrogens is 410 g/mol. The van der Waals surface area contributed by atoms with Crippen LogP contribution in [0.2, 0.25) is 0 Å². The minimum Gasteiger partial charge on any atom is -0.332 e. The molecule has 1 atom stereocenters. The van der Waals surface area contributed by atoms with Crippen molar-refractivity contribution in [1.82, 2.24) is 9.80 Å². The van der Waals surface area contributed by atoms with Crippen LogP contribution in [0.3, 0.4) is 0 Å². The zero-order valence-corrected chi connectivity index (χ0v) is 18.2. The predicted octanol–water partition coefficient (Wildman–Crippen LogP) is 4.78. The Morgan fingerprint density at radius 2 is 1.77 bits per heavy atom. The number of fused-ring (bicyclic) bond motifs is 3. The highest BCUT2D eigenvalue weighted by Gasteiger charge is 2.58.